The summed E-state index contributed by atoms with van der Waals surface area (Å²) in [6.07, 6.45) is 4.00. The van der Waals surface area contributed by atoms with E-state index in [0.717, 1.165) is 11.8 Å². The topological polar surface area (TPSA) is 108 Å². The lowest BCUT2D eigenvalue weighted by Gasteiger charge is -2.23. The van der Waals surface area contributed by atoms with Gasteiger partial charge in [-0.25, -0.2) is 0 Å². The van der Waals surface area contributed by atoms with Crippen molar-refractivity contribution in [2.45, 2.75) is 25.9 Å². The monoisotopic (exact) mass is 500 g/mol. The Kier molecular flexibility index (Phi) is 5.97. The zero-order valence-corrected chi connectivity index (χ0v) is 18.4. The van der Waals surface area contributed by atoms with Gasteiger partial charge in [0.2, 0.25) is 0 Å². The van der Waals surface area contributed by atoms with Gasteiger partial charge in [-0.3, -0.25) is 24.3 Å². The highest BCUT2D eigenvalue weighted by Crippen LogP contribution is 2.26. The predicted octanol–water partition coefficient (Wildman–Crippen LogP) is 4.48. The van der Waals surface area contributed by atoms with Crippen LogP contribution >= 0.6 is 39.1 Å². The summed E-state index contributed by atoms with van der Waals surface area (Å²) < 4.78 is 3.41. The Morgan fingerprint density at radius 3 is 2.69 bits per heavy atom. The molecule has 0 spiro atoms. The van der Waals surface area contributed by atoms with Gasteiger partial charge in [0, 0.05) is 16.2 Å². The minimum Gasteiger partial charge on any atom is -0.306 e. The summed E-state index contributed by atoms with van der Waals surface area (Å²) in [4.78, 5) is 23.1. The molecule has 0 aliphatic heterocycles. The van der Waals surface area contributed by atoms with Crippen molar-refractivity contribution in [2.75, 3.05) is 5.32 Å². The van der Waals surface area contributed by atoms with E-state index in [0.29, 0.717) is 26.9 Å². The molecule has 0 bridgehead atoms. The number of rotatable bonds is 6. The molecule has 9 nitrogen and oxygen atoms in total. The molecule has 3 aromatic rings. The lowest BCUT2D eigenvalue weighted by atomic mass is 10.1. The fourth-order valence-corrected chi connectivity index (χ4v) is 3.35. The highest BCUT2D eigenvalue weighted by Gasteiger charge is 2.33. The van der Waals surface area contributed by atoms with E-state index in [1.54, 1.807) is 42.9 Å². The van der Waals surface area contributed by atoms with Crippen LogP contribution in [-0.4, -0.2) is 30.4 Å². The molecule has 2 heterocycles. The number of anilines is 1. The number of hydrogen-bond donors (Lipinski definition) is 1. The van der Waals surface area contributed by atoms with Crippen LogP contribution in [0.25, 0.3) is 0 Å². The van der Waals surface area contributed by atoms with E-state index >= 15 is 0 Å². The van der Waals surface area contributed by atoms with E-state index in [-0.39, 0.29) is 5.69 Å². The second-order valence-corrected chi connectivity index (χ2v) is 8.37. The van der Waals surface area contributed by atoms with Crippen LogP contribution in [0.2, 0.25) is 10.0 Å². The lowest BCUT2D eigenvalue weighted by molar-refractivity contribution is -0.385. The average molecular weight is 502 g/mol. The van der Waals surface area contributed by atoms with Gasteiger partial charge in [0.1, 0.15) is 17.9 Å². The third kappa shape index (κ3) is 4.60. The Labute approximate surface area is 183 Å². The van der Waals surface area contributed by atoms with Gasteiger partial charge >= 0.3 is 5.69 Å². The van der Waals surface area contributed by atoms with Crippen LogP contribution < -0.4 is 5.32 Å². The number of nitrogens with one attached hydrogen (secondary N) is 1. The molecule has 0 saturated heterocycles. The number of nitrogens with zero attached hydrogens (tertiary/aromatic N) is 5. The molecule has 29 heavy (non-hydrogen) atoms. The molecule has 152 valence electrons. The van der Waals surface area contributed by atoms with Crippen LogP contribution in [0.5, 0.6) is 0 Å². The lowest BCUT2D eigenvalue weighted by Crippen LogP contribution is -2.40. The average Bonchev–Trinajstić information content (AvgIpc) is 3.25. The number of carbonyl (C=O) groups excluding carboxylic acids is 1. The molecular formula is C17H15BrCl2N6O3. The van der Waals surface area contributed by atoms with Gasteiger partial charge in [0.15, 0.2) is 5.82 Å². The number of carbonyl (C=O) groups is 1. The van der Waals surface area contributed by atoms with Crippen molar-refractivity contribution in [3.8, 4) is 0 Å². The van der Waals surface area contributed by atoms with E-state index in [9.17, 15) is 14.9 Å². The Hall–Kier alpha value is -2.43. The first-order chi connectivity index (χ1) is 13.6. The maximum atomic E-state index is 12.8. The SMILES string of the molecule is CC(C)(C(=O)Nc1nn(Cc2ccc(Cl)cc2Cl)cc1Br)n1cc([N+](=O)[O-])cn1. The molecule has 12 heteroatoms. The van der Waals surface area contributed by atoms with Gasteiger partial charge in [-0.2, -0.15) is 10.2 Å². The first kappa shape index (κ1) is 21.3. The quantitative estimate of drug-likeness (QED) is 0.395. The smallest absolute Gasteiger partial charge is 0.306 e. The van der Waals surface area contributed by atoms with E-state index in [2.05, 4.69) is 31.4 Å². The van der Waals surface area contributed by atoms with Gasteiger partial charge in [-0.1, -0.05) is 29.3 Å². The Morgan fingerprint density at radius 2 is 2.07 bits per heavy atom. The molecule has 0 aliphatic carbocycles. The third-order valence-corrected chi connectivity index (χ3v) is 5.37. The molecular weight excluding hydrogens is 487 g/mol. The summed E-state index contributed by atoms with van der Waals surface area (Å²) >= 11 is 15.5. The van der Waals surface area contributed by atoms with Crippen molar-refractivity contribution < 1.29 is 9.72 Å². The number of hydrogen-bond acceptors (Lipinski definition) is 5. The molecule has 0 radical (unpaired) electrons. The summed E-state index contributed by atoms with van der Waals surface area (Å²) in [6.45, 7) is 3.56. The molecule has 0 saturated carbocycles. The normalized spacial score (nSPS) is 11.5. The van der Waals surface area contributed by atoms with Crippen molar-refractivity contribution in [1.29, 1.82) is 0 Å². The molecule has 3 rings (SSSR count). The molecule has 0 aliphatic rings. The number of amides is 1. The minimum absolute atomic E-state index is 0.198. The molecule has 0 atom stereocenters. The molecule has 0 fully saturated rings. The maximum Gasteiger partial charge on any atom is 0.307 e. The second-order valence-electron chi connectivity index (χ2n) is 6.67. The highest BCUT2D eigenvalue weighted by atomic mass is 79.9. The van der Waals surface area contributed by atoms with E-state index in [4.69, 9.17) is 23.2 Å². The van der Waals surface area contributed by atoms with Crippen molar-refractivity contribution in [3.63, 3.8) is 0 Å². The number of halogens is 3. The second kappa shape index (κ2) is 8.13. The largest absolute Gasteiger partial charge is 0.307 e. The van der Waals surface area contributed by atoms with E-state index < -0.39 is 16.4 Å². The predicted molar refractivity (Wildman–Crippen MR) is 112 cm³/mol. The summed E-state index contributed by atoms with van der Waals surface area (Å²) in [7, 11) is 0. The fourth-order valence-electron chi connectivity index (χ4n) is 2.47. The summed E-state index contributed by atoms with van der Waals surface area (Å²) in [5, 5.41) is 22.9. The summed E-state index contributed by atoms with van der Waals surface area (Å²) in [6, 6.07) is 5.17. The molecule has 1 aromatic carbocycles. The van der Waals surface area contributed by atoms with Gasteiger partial charge < -0.3 is 5.32 Å². The van der Waals surface area contributed by atoms with Crippen molar-refractivity contribution in [3.05, 3.63) is 67.0 Å². The summed E-state index contributed by atoms with van der Waals surface area (Å²) in [5.74, 6) is -0.138. The third-order valence-electron chi connectivity index (χ3n) is 4.20. The van der Waals surface area contributed by atoms with Crippen LogP contribution in [0.3, 0.4) is 0 Å². The van der Waals surface area contributed by atoms with Gasteiger partial charge in [-0.15, -0.1) is 0 Å². The first-order valence-corrected chi connectivity index (χ1v) is 9.80. The Morgan fingerprint density at radius 1 is 1.34 bits per heavy atom. The van der Waals surface area contributed by atoms with Gasteiger partial charge in [0.05, 0.1) is 15.9 Å². The maximum absolute atomic E-state index is 12.8. The minimum atomic E-state index is -1.18. The first-order valence-electron chi connectivity index (χ1n) is 8.26. The molecule has 1 amide bonds. The highest BCUT2D eigenvalue weighted by molar-refractivity contribution is 9.10. The Bertz CT molecular complexity index is 1090. The van der Waals surface area contributed by atoms with Crippen LogP contribution in [0, 0.1) is 10.1 Å². The summed E-state index contributed by atoms with van der Waals surface area (Å²) in [5.41, 5.74) is -0.568. The van der Waals surface area contributed by atoms with E-state index in [1.807, 2.05) is 0 Å². The van der Waals surface area contributed by atoms with Crippen molar-refractivity contribution >= 4 is 56.5 Å². The fraction of sp³-hybridized carbons (Fsp3) is 0.235. The zero-order valence-electron chi connectivity index (χ0n) is 15.3. The molecule has 0 unspecified atom stereocenters. The number of nitro groups is 1. The molecule has 2 aromatic heterocycles. The Balaban J connectivity index is 1.77. The number of aromatic nitrogens is 4. The van der Waals surface area contributed by atoms with Crippen molar-refractivity contribution in [1.82, 2.24) is 19.6 Å². The van der Waals surface area contributed by atoms with E-state index in [1.165, 1.54) is 10.9 Å². The van der Waals surface area contributed by atoms with Crippen LogP contribution in [0.15, 0.2) is 41.3 Å². The number of benzene rings is 1. The van der Waals surface area contributed by atoms with Crippen molar-refractivity contribution in [2.24, 2.45) is 0 Å². The van der Waals surface area contributed by atoms with Crippen LogP contribution in [-0.2, 0) is 16.9 Å². The van der Waals surface area contributed by atoms with Gasteiger partial charge in [0.25, 0.3) is 5.91 Å². The van der Waals surface area contributed by atoms with Crippen LogP contribution in [0.4, 0.5) is 11.5 Å². The van der Waals surface area contributed by atoms with Gasteiger partial charge in [-0.05, 0) is 47.5 Å². The molecule has 1 N–H and O–H groups in total. The van der Waals surface area contributed by atoms with Crippen LogP contribution in [0.1, 0.15) is 19.4 Å². The zero-order chi connectivity index (χ0) is 21.3. The standard InChI is InChI=1S/C17H15BrCl2N6O3/c1-17(2,25-8-12(6-21-25)26(28)29)16(27)22-15-13(18)9-24(23-15)7-10-3-4-11(19)5-14(10)20/h3-6,8-9H,7H2,1-2H3,(H,22,23,27).